The quantitative estimate of drug-likeness (QED) is 0.195. The standard InChI is InChI=1S/C45H27N3/c1-2-12-31(13-3-1)47-39-19-8-6-15-33(39)37-25-28(21-23-41(37)47)29-22-24-42-38(26-29)34-16-7-9-20-40(34)48(42)45-44-36-17-5-4-14-32(36)35-18-10-11-30(27-46-45)43(35)44/h1-27H. The summed E-state index contributed by atoms with van der Waals surface area (Å²) >= 11 is 0. The molecule has 0 fully saturated rings. The second-order valence-corrected chi connectivity index (χ2v) is 12.8. The highest BCUT2D eigenvalue weighted by Crippen LogP contribution is 2.50. The van der Waals surface area contributed by atoms with E-state index in [9.17, 15) is 0 Å². The molecule has 0 spiro atoms. The maximum atomic E-state index is 5.18. The highest BCUT2D eigenvalue weighted by molar-refractivity contribution is 6.18. The largest absolute Gasteiger partial charge is 0.309 e. The molecule has 0 saturated heterocycles. The van der Waals surface area contributed by atoms with E-state index in [1.807, 2.05) is 6.20 Å². The van der Waals surface area contributed by atoms with E-state index in [0.717, 1.165) is 16.9 Å². The predicted octanol–water partition coefficient (Wildman–Crippen LogP) is 11.7. The first kappa shape index (κ1) is 25.7. The van der Waals surface area contributed by atoms with Gasteiger partial charge in [0.25, 0.3) is 0 Å². The Labute approximate surface area is 276 Å². The molecule has 3 heterocycles. The highest BCUT2D eigenvalue weighted by atomic mass is 15.1. The van der Waals surface area contributed by atoms with Gasteiger partial charge >= 0.3 is 0 Å². The first-order chi connectivity index (χ1) is 23.8. The van der Waals surface area contributed by atoms with E-state index in [1.54, 1.807) is 0 Å². The Morgan fingerprint density at radius 2 is 0.958 bits per heavy atom. The van der Waals surface area contributed by atoms with Crippen molar-refractivity contribution in [1.29, 1.82) is 0 Å². The normalized spacial score (nSPS) is 12.2. The summed E-state index contributed by atoms with van der Waals surface area (Å²) in [6, 6.07) is 57.3. The summed E-state index contributed by atoms with van der Waals surface area (Å²) in [4.78, 5) is 5.18. The number of nitrogens with zero attached hydrogens (tertiary/aromatic N) is 3. The molecule has 0 unspecified atom stereocenters. The third kappa shape index (κ3) is 3.40. The van der Waals surface area contributed by atoms with Crippen molar-refractivity contribution in [3.8, 4) is 44.9 Å². The minimum absolute atomic E-state index is 0.981. The second-order valence-electron chi connectivity index (χ2n) is 12.8. The fraction of sp³-hybridized carbons (Fsp3) is 0. The van der Waals surface area contributed by atoms with E-state index in [4.69, 9.17) is 4.98 Å². The number of fused-ring (bicyclic) bond motifs is 9. The Hall–Kier alpha value is -6.45. The first-order valence-electron chi connectivity index (χ1n) is 16.5. The smallest absolute Gasteiger partial charge is 0.146 e. The molecule has 1 aliphatic rings. The molecule has 3 nitrogen and oxygen atoms in total. The van der Waals surface area contributed by atoms with E-state index in [-0.39, 0.29) is 0 Å². The van der Waals surface area contributed by atoms with Crippen LogP contribution in [0.4, 0.5) is 0 Å². The molecule has 0 N–H and O–H groups in total. The summed E-state index contributed by atoms with van der Waals surface area (Å²) < 4.78 is 4.74. The van der Waals surface area contributed by atoms with Gasteiger partial charge in [-0.3, -0.25) is 4.57 Å². The van der Waals surface area contributed by atoms with Gasteiger partial charge in [-0.1, -0.05) is 109 Å². The van der Waals surface area contributed by atoms with Gasteiger partial charge < -0.3 is 4.57 Å². The minimum Gasteiger partial charge on any atom is -0.309 e. The molecule has 48 heavy (non-hydrogen) atoms. The summed E-state index contributed by atoms with van der Waals surface area (Å²) in [5.41, 5.74) is 13.4. The Morgan fingerprint density at radius 3 is 1.69 bits per heavy atom. The van der Waals surface area contributed by atoms with E-state index in [1.165, 1.54) is 82.4 Å². The Bertz CT molecular complexity index is 2940. The average molecular weight is 610 g/mol. The van der Waals surface area contributed by atoms with Gasteiger partial charge in [0.05, 0.1) is 22.1 Å². The van der Waals surface area contributed by atoms with Gasteiger partial charge in [0.15, 0.2) is 0 Å². The Morgan fingerprint density at radius 1 is 0.396 bits per heavy atom. The average Bonchev–Trinajstić information content (AvgIpc) is 3.79. The van der Waals surface area contributed by atoms with Crippen LogP contribution in [0.5, 0.6) is 0 Å². The number of hydrogen-bond acceptors (Lipinski definition) is 1. The molecule has 0 aliphatic heterocycles. The third-order valence-corrected chi connectivity index (χ3v) is 10.3. The number of benzene rings is 7. The molecule has 10 aromatic rings. The molecule has 222 valence electrons. The maximum Gasteiger partial charge on any atom is 0.146 e. The lowest BCUT2D eigenvalue weighted by Gasteiger charge is -2.13. The maximum absolute atomic E-state index is 5.18. The van der Waals surface area contributed by atoms with Crippen molar-refractivity contribution in [2.24, 2.45) is 0 Å². The van der Waals surface area contributed by atoms with E-state index >= 15 is 0 Å². The number of pyridine rings is 1. The lowest BCUT2D eigenvalue weighted by molar-refractivity contribution is 1.09. The van der Waals surface area contributed by atoms with Crippen LogP contribution in [0.2, 0.25) is 0 Å². The van der Waals surface area contributed by atoms with Gasteiger partial charge in [-0.25, -0.2) is 4.98 Å². The zero-order valence-corrected chi connectivity index (χ0v) is 25.9. The lowest BCUT2D eigenvalue weighted by Crippen LogP contribution is -2.00. The van der Waals surface area contributed by atoms with Gasteiger partial charge in [-0.15, -0.1) is 0 Å². The van der Waals surface area contributed by atoms with Crippen LogP contribution in [0.1, 0.15) is 0 Å². The molecule has 0 atom stereocenters. The van der Waals surface area contributed by atoms with Crippen LogP contribution in [-0.2, 0) is 0 Å². The van der Waals surface area contributed by atoms with Crippen molar-refractivity contribution < 1.29 is 0 Å². The SMILES string of the molecule is c1ccc(-n2c3ccccc3c3cc(-c4ccc5c(c4)c4ccccc4n5-c4ncc5cccc6c5c4-c4ccccc4-6)ccc32)cc1. The molecule has 11 rings (SSSR count). The fourth-order valence-corrected chi connectivity index (χ4v) is 8.24. The van der Waals surface area contributed by atoms with E-state index < -0.39 is 0 Å². The highest BCUT2D eigenvalue weighted by Gasteiger charge is 2.27. The predicted molar refractivity (Wildman–Crippen MR) is 200 cm³/mol. The van der Waals surface area contributed by atoms with Crippen molar-refractivity contribution in [2.75, 3.05) is 0 Å². The van der Waals surface area contributed by atoms with Crippen molar-refractivity contribution in [3.63, 3.8) is 0 Å². The molecule has 7 aromatic carbocycles. The van der Waals surface area contributed by atoms with Crippen molar-refractivity contribution in [1.82, 2.24) is 14.1 Å². The summed E-state index contributed by atoms with van der Waals surface area (Å²) in [7, 11) is 0. The topological polar surface area (TPSA) is 22.8 Å². The van der Waals surface area contributed by atoms with E-state index in [2.05, 4.69) is 167 Å². The van der Waals surface area contributed by atoms with Crippen LogP contribution < -0.4 is 0 Å². The molecule has 0 amide bonds. The molecule has 3 heteroatoms. The molecule has 1 aliphatic carbocycles. The number of rotatable bonds is 3. The van der Waals surface area contributed by atoms with E-state index in [0.29, 0.717) is 0 Å². The minimum atomic E-state index is 0.981. The monoisotopic (exact) mass is 609 g/mol. The summed E-state index contributed by atoms with van der Waals surface area (Å²) in [6.45, 7) is 0. The third-order valence-electron chi connectivity index (χ3n) is 10.3. The molecule has 3 aromatic heterocycles. The Kier molecular flexibility index (Phi) is 5.11. The molecule has 0 radical (unpaired) electrons. The van der Waals surface area contributed by atoms with Gasteiger partial charge in [-0.05, 0) is 76.3 Å². The molecule has 0 saturated carbocycles. The van der Waals surface area contributed by atoms with Crippen molar-refractivity contribution in [3.05, 3.63) is 164 Å². The summed E-state index contributed by atoms with van der Waals surface area (Å²) in [5, 5.41) is 7.43. The zero-order valence-electron chi connectivity index (χ0n) is 25.9. The number of hydrogen-bond donors (Lipinski definition) is 0. The lowest BCUT2D eigenvalue weighted by atomic mass is 10.0. The van der Waals surface area contributed by atoms with Crippen molar-refractivity contribution in [2.45, 2.75) is 0 Å². The van der Waals surface area contributed by atoms with Crippen molar-refractivity contribution >= 4 is 54.4 Å². The molecular weight excluding hydrogens is 583 g/mol. The molecular formula is C45H27N3. The van der Waals surface area contributed by atoms with Gasteiger partial charge in [0.2, 0.25) is 0 Å². The number of aromatic nitrogens is 3. The second kappa shape index (κ2) is 9.54. The van der Waals surface area contributed by atoms with Gasteiger partial charge in [-0.2, -0.15) is 0 Å². The van der Waals surface area contributed by atoms with Gasteiger partial charge in [0, 0.05) is 49.8 Å². The van der Waals surface area contributed by atoms with Crippen LogP contribution in [-0.4, -0.2) is 14.1 Å². The van der Waals surface area contributed by atoms with Crippen LogP contribution >= 0.6 is 0 Å². The van der Waals surface area contributed by atoms with Crippen LogP contribution in [0.25, 0.3) is 99.3 Å². The Balaban J connectivity index is 1.15. The van der Waals surface area contributed by atoms with Gasteiger partial charge in [0.1, 0.15) is 5.82 Å². The van der Waals surface area contributed by atoms with Crippen LogP contribution in [0.3, 0.4) is 0 Å². The zero-order chi connectivity index (χ0) is 31.3. The summed E-state index contributed by atoms with van der Waals surface area (Å²) in [5.74, 6) is 0.981. The van der Waals surface area contributed by atoms with Crippen LogP contribution in [0.15, 0.2) is 164 Å². The molecule has 0 bridgehead atoms. The number of para-hydroxylation sites is 3. The summed E-state index contributed by atoms with van der Waals surface area (Å²) in [6.07, 6.45) is 2.04. The fourth-order valence-electron chi connectivity index (χ4n) is 8.24. The first-order valence-corrected chi connectivity index (χ1v) is 16.5. The van der Waals surface area contributed by atoms with Crippen LogP contribution in [0, 0.1) is 0 Å².